The molecule has 0 aliphatic carbocycles. The summed E-state index contributed by atoms with van der Waals surface area (Å²) in [7, 11) is 0. The summed E-state index contributed by atoms with van der Waals surface area (Å²) >= 11 is 6.30. The molecule has 0 aliphatic heterocycles. The van der Waals surface area contributed by atoms with Crippen molar-refractivity contribution in [1.82, 2.24) is 4.57 Å². The van der Waals surface area contributed by atoms with Gasteiger partial charge in [-0.15, -0.1) is 0 Å². The highest BCUT2D eigenvalue weighted by Crippen LogP contribution is 2.30. The largest absolute Gasteiger partial charge is 0.395 e. The number of halogens is 1. The third kappa shape index (κ3) is 4.21. The smallest absolute Gasteiger partial charge is 0.258 e. The van der Waals surface area contributed by atoms with E-state index in [1.54, 1.807) is 24.4 Å². The Kier molecular flexibility index (Phi) is 5.94. The third-order valence-electron chi connectivity index (χ3n) is 4.53. The average Bonchev–Trinajstić information content (AvgIpc) is 2.67. The number of hydrogen-bond acceptors (Lipinski definition) is 3. The number of carbonyl (C=O) groups excluding carboxylic acids is 1. The van der Waals surface area contributed by atoms with Crippen molar-refractivity contribution in [3.63, 3.8) is 0 Å². The second-order valence-electron chi connectivity index (χ2n) is 6.50. The minimum Gasteiger partial charge on any atom is -0.395 e. The Morgan fingerprint density at radius 1 is 1.15 bits per heavy atom. The van der Waals surface area contributed by atoms with Gasteiger partial charge >= 0.3 is 0 Å². The number of anilines is 1. The van der Waals surface area contributed by atoms with E-state index in [9.17, 15) is 9.59 Å². The molecule has 0 aliphatic rings. The first-order chi connectivity index (χ1) is 13.0. The fourth-order valence-electron chi connectivity index (χ4n) is 3.06. The maximum atomic E-state index is 12.7. The molecule has 140 valence electrons. The number of fused-ring (bicyclic) bond motifs is 1. The Balaban J connectivity index is 1.89. The first-order valence-corrected chi connectivity index (χ1v) is 9.16. The van der Waals surface area contributed by atoms with Gasteiger partial charge < -0.3 is 15.0 Å². The number of aromatic nitrogens is 1. The summed E-state index contributed by atoms with van der Waals surface area (Å²) in [5.74, 6) is -0.415. The maximum absolute atomic E-state index is 12.7. The minimum absolute atomic E-state index is 0.125. The number of hydrogen-bond donors (Lipinski definition) is 2. The highest BCUT2D eigenvalue weighted by Gasteiger charge is 2.17. The van der Waals surface area contributed by atoms with Crippen molar-refractivity contribution in [1.29, 1.82) is 0 Å². The summed E-state index contributed by atoms with van der Waals surface area (Å²) in [4.78, 5) is 25.2. The van der Waals surface area contributed by atoms with Crippen LogP contribution >= 0.6 is 11.6 Å². The van der Waals surface area contributed by atoms with Gasteiger partial charge in [0, 0.05) is 29.4 Å². The van der Waals surface area contributed by atoms with Gasteiger partial charge in [-0.3, -0.25) is 9.59 Å². The van der Waals surface area contributed by atoms with Crippen LogP contribution in [0.5, 0.6) is 0 Å². The molecule has 5 nitrogen and oxygen atoms in total. The summed E-state index contributed by atoms with van der Waals surface area (Å²) in [6.07, 6.45) is 2.21. The normalized spacial score (nSPS) is 12.1. The third-order valence-corrected chi connectivity index (χ3v) is 4.84. The van der Waals surface area contributed by atoms with Crippen molar-refractivity contribution in [2.45, 2.75) is 19.9 Å². The molecule has 2 N–H and O–H groups in total. The van der Waals surface area contributed by atoms with E-state index >= 15 is 0 Å². The molecule has 0 radical (unpaired) electrons. The number of aliphatic hydroxyl groups excluding tert-OH is 1. The molecule has 1 aromatic heterocycles. The molecule has 3 aromatic rings. The zero-order valence-corrected chi connectivity index (χ0v) is 15.7. The molecule has 0 spiro atoms. The van der Waals surface area contributed by atoms with Gasteiger partial charge in [0.1, 0.15) is 0 Å². The predicted octanol–water partition coefficient (Wildman–Crippen LogP) is 3.46. The van der Waals surface area contributed by atoms with Crippen LogP contribution in [-0.4, -0.2) is 22.2 Å². The van der Waals surface area contributed by atoms with Crippen LogP contribution in [0.4, 0.5) is 5.69 Å². The molecule has 27 heavy (non-hydrogen) atoms. The zero-order valence-electron chi connectivity index (χ0n) is 15.0. The summed E-state index contributed by atoms with van der Waals surface area (Å²) in [6.45, 7) is 1.95. The standard InChI is InChI=1S/C21H21ClN2O3/c1-14(13-15-5-3-2-4-6-15)20(26)23-19-16-9-10-24(11-12-25)21(27)17(16)7-8-18(19)22/h2-10,14,25H,11-13H2,1H3,(H,23,26). The number of carbonyl (C=O) groups is 1. The van der Waals surface area contributed by atoms with Crippen LogP contribution < -0.4 is 10.9 Å². The van der Waals surface area contributed by atoms with Crippen LogP contribution in [0, 0.1) is 5.92 Å². The molecule has 0 saturated heterocycles. The molecule has 6 heteroatoms. The molecule has 0 saturated carbocycles. The summed E-state index contributed by atoms with van der Waals surface area (Å²) in [5.41, 5.74) is 1.29. The Labute approximate surface area is 162 Å². The highest BCUT2D eigenvalue weighted by atomic mass is 35.5. The quantitative estimate of drug-likeness (QED) is 0.683. The second kappa shape index (κ2) is 8.37. The lowest BCUT2D eigenvalue weighted by atomic mass is 10.00. The van der Waals surface area contributed by atoms with E-state index in [1.165, 1.54) is 4.57 Å². The van der Waals surface area contributed by atoms with Gasteiger partial charge in [0.05, 0.1) is 17.3 Å². The van der Waals surface area contributed by atoms with E-state index in [0.29, 0.717) is 27.9 Å². The van der Waals surface area contributed by atoms with Crippen LogP contribution in [-0.2, 0) is 17.8 Å². The lowest BCUT2D eigenvalue weighted by Gasteiger charge is -2.15. The molecule has 1 amide bonds. The summed E-state index contributed by atoms with van der Waals surface area (Å²) < 4.78 is 1.43. The molecule has 0 fully saturated rings. The minimum atomic E-state index is -0.256. The summed E-state index contributed by atoms with van der Waals surface area (Å²) in [6, 6.07) is 14.8. The highest BCUT2D eigenvalue weighted by molar-refractivity contribution is 6.35. The van der Waals surface area contributed by atoms with Crippen molar-refractivity contribution in [2.24, 2.45) is 5.92 Å². The topological polar surface area (TPSA) is 71.3 Å². The Bertz CT molecular complexity index is 1020. The van der Waals surface area contributed by atoms with Crippen LogP contribution in [0.2, 0.25) is 5.02 Å². The Morgan fingerprint density at radius 3 is 2.59 bits per heavy atom. The van der Waals surface area contributed by atoms with E-state index in [2.05, 4.69) is 5.32 Å². The fraction of sp³-hybridized carbons (Fsp3) is 0.238. The Morgan fingerprint density at radius 2 is 1.89 bits per heavy atom. The fourth-order valence-corrected chi connectivity index (χ4v) is 3.27. The van der Waals surface area contributed by atoms with Gasteiger partial charge in [-0.1, -0.05) is 48.9 Å². The first kappa shape index (κ1) is 19.1. The van der Waals surface area contributed by atoms with Crippen LogP contribution in [0.1, 0.15) is 12.5 Å². The molecular weight excluding hydrogens is 364 g/mol. The molecule has 1 atom stereocenters. The number of rotatable bonds is 6. The van der Waals surface area contributed by atoms with Crippen molar-refractivity contribution >= 4 is 34.0 Å². The lowest BCUT2D eigenvalue weighted by molar-refractivity contribution is -0.119. The van der Waals surface area contributed by atoms with Crippen molar-refractivity contribution < 1.29 is 9.90 Å². The van der Waals surface area contributed by atoms with Crippen molar-refractivity contribution in [3.05, 3.63) is 75.7 Å². The molecule has 2 aromatic carbocycles. The molecule has 1 unspecified atom stereocenters. The number of aliphatic hydroxyl groups is 1. The van der Waals surface area contributed by atoms with Crippen molar-refractivity contribution in [3.8, 4) is 0 Å². The van der Waals surface area contributed by atoms with E-state index < -0.39 is 0 Å². The van der Waals surface area contributed by atoms with Crippen LogP contribution in [0.15, 0.2) is 59.5 Å². The molecule has 1 heterocycles. The SMILES string of the molecule is CC(Cc1ccccc1)C(=O)Nc1c(Cl)ccc2c(=O)n(CCO)ccc12. The van der Waals surface area contributed by atoms with E-state index in [1.807, 2.05) is 37.3 Å². The molecule has 3 rings (SSSR count). The van der Waals surface area contributed by atoms with E-state index in [-0.39, 0.29) is 30.5 Å². The Hall–Kier alpha value is -2.63. The van der Waals surface area contributed by atoms with Gasteiger partial charge in [-0.25, -0.2) is 0 Å². The average molecular weight is 385 g/mol. The van der Waals surface area contributed by atoms with Crippen LogP contribution in [0.25, 0.3) is 10.8 Å². The van der Waals surface area contributed by atoms with Gasteiger partial charge in [-0.2, -0.15) is 0 Å². The van der Waals surface area contributed by atoms with E-state index in [0.717, 1.165) is 5.56 Å². The van der Waals surface area contributed by atoms with E-state index in [4.69, 9.17) is 16.7 Å². The molecule has 0 bridgehead atoms. The second-order valence-corrected chi connectivity index (χ2v) is 6.91. The van der Waals surface area contributed by atoms with Gasteiger partial charge in [-0.05, 0) is 30.2 Å². The lowest BCUT2D eigenvalue weighted by Crippen LogP contribution is -2.24. The zero-order chi connectivity index (χ0) is 19.4. The predicted molar refractivity (Wildman–Crippen MR) is 108 cm³/mol. The van der Waals surface area contributed by atoms with Crippen molar-refractivity contribution in [2.75, 3.05) is 11.9 Å². The molecular formula is C21H21ClN2O3. The number of benzene rings is 2. The maximum Gasteiger partial charge on any atom is 0.258 e. The first-order valence-electron chi connectivity index (χ1n) is 8.78. The number of amides is 1. The summed E-state index contributed by atoms with van der Waals surface area (Å²) in [5, 5.41) is 13.4. The van der Waals surface area contributed by atoms with Gasteiger partial charge in [0.2, 0.25) is 5.91 Å². The van der Waals surface area contributed by atoms with Crippen LogP contribution in [0.3, 0.4) is 0 Å². The van der Waals surface area contributed by atoms with Gasteiger partial charge in [0.25, 0.3) is 5.56 Å². The van der Waals surface area contributed by atoms with Gasteiger partial charge in [0.15, 0.2) is 0 Å². The number of pyridine rings is 1. The monoisotopic (exact) mass is 384 g/mol. The number of nitrogens with zero attached hydrogens (tertiary/aromatic N) is 1. The number of nitrogens with one attached hydrogen (secondary N) is 1.